The van der Waals surface area contributed by atoms with Crippen LogP contribution in [0.25, 0.3) is 0 Å². The highest BCUT2D eigenvalue weighted by Crippen LogP contribution is 2.64. The highest BCUT2D eigenvalue weighted by atomic mass is 16.7. The average Bonchev–Trinajstić information content (AvgIpc) is 3.10. The molecule has 2 aliphatic heterocycles. The molecule has 7 nitrogen and oxygen atoms in total. The zero-order valence-electron chi connectivity index (χ0n) is 19.8. The fourth-order valence-corrected chi connectivity index (χ4v) is 7.09. The number of fused-ring (bicyclic) bond motifs is 3. The molecule has 0 bridgehead atoms. The lowest BCUT2D eigenvalue weighted by Gasteiger charge is -2.62. The van der Waals surface area contributed by atoms with Crippen molar-refractivity contribution in [3.63, 3.8) is 0 Å². The molecule has 4 fully saturated rings. The van der Waals surface area contributed by atoms with E-state index in [-0.39, 0.29) is 41.0 Å². The van der Waals surface area contributed by atoms with Crippen LogP contribution in [0.2, 0.25) is 0 Å². The van der Waals surface area contributed by atoms with Gasteiger partial charge in [0.25, 0.3) is 0 Å². The van der Waals surface area contributed by atoms with Crippen LogP contribution in [0.15, 0.2) is 42.0 Å². The van der Waals surface area contributed by atoms with Crippen LogP contribution < -0.4 is 0 Å². The summed E-state index contributed by atoms with van der Waals surface area (Å²) in [6, 6.07) is 4.47. The molecule has 184 valence electrons. The molecule has 1 aromatic rings. The van der Waals surface area contributed by atoms with E-state index in [2.05, 4.69) is 20.4 Å². The minimum atomic E-state index is -0.852. The minimum Gasteiger partial charge on any atom is -0.508 e. The predicted molar refractivity (Wildman–Crippen MR) is 124 cm³/mol. The van der Waals surface area contributed by atoms with Crippen LogP contribution in [-0.4, -0.2) is 46.7 Å². The first kappa shape index (κ1) is 23.4. The first-order chi connectivity index (χ1) is 16.1. The Labute approximate surface area is 200 Å². The van der Waals surface area contributed by atoms with Gasteiger partial charge >= 0.3 is 5.97 Å². The van der Waals surface area contributed by atoms with Crippen LogP contribution in [0.4, 0.5) is 0 Å². The van der Waals surface area contributed by atoms with Gasteiger partial charge in [0.1, 0.15) is 24.2 Å². The molecule has 34 heavy (non-hydrogen) atoms. The number of carbonyl (C=O) groups excluding carboxylic acids is 1. The van der Waals surface area contributed by atoms with Gasteiger partial charge in [-0.15, -0.1) is 0 Å². The molecule has 2 aliphatic carbocycles. The van der Waals surface area contributed by atoms with Crippen molar-refractivity contribution in [3.8, 4) is 11.5 Å². The molecule has 2 saturated carbocycles. The Balaban J connectivity index is 1.38. The summed E-state index contributed by atoms with van der Waals surface area (Å²) < 4.78 is 17.6. The van der Waals surface area contributed by atoms with Crippen LogP contribution in [-0.2, 0) is 19.0 Å². The minimum absolute atomic E-state index is 0.00263. The van der Waals surface area contributed by atoms with Gasteiger partial charge in [-0.1, -0.05) is 32.1 Å². The zero-order valence-corrected chi connectivity index (χ0v) is 19.8. The van der Waals surface area contributed by atoms with Gasteiger partial charge in [-0.2, -0.15) is 0 Å². The summed E-state index contributed by atoms with van der Waals surface area (Å²) in [5.41, 5.74) is 1.85. The van der Waals surface area contributed by atoms with Crippen molar-refractivity contribution in [2.24, 2.45) is 22.7 Å². The van der Waals surface area contributed by atoms with E-state index in [1.165, 1.54) is 17.7 Å². The van der Waals surface area contributed by atoms with Crippen molar-refractivity contribution < 1.29 is 34.3 Å². The predicted octanol–water partition coefficient (Wildman–Crippen LogP) is 4.13. The van der Waals surface area contributed by atoms with Crippen LogP contribution in [0, 0.1) is 22.7 Å². The maximum Gasteiger partial charge on any atom is 0.336 e. The molecule has 2 heterocycles. The van der Waals surface area contributed by atoms with E-state index in [1.807, 2.05) is 6.08 Å². The highest BCUT2D eigenvalue weighted by Gasteiger charge is 2.60. The van der Waals surface area contributed by atoms with E-state index in [9.17, 15) is 20.1 Å². The number of hydrogen-bond donors (Lipinski definition) is 3. The number of aliphatic hydroxyl groups is 1. The van der Waals surface area contributed by atoms with E-state index in [4.69, 9.17) is 14.2 Å². The van der Waals surface area contributed by atoms with Crippen molar-refractivity contribution in [3.05, 3.63) is 47.6 Å². The maximum atomic E-state index is 12.0. The second kappa shape index (κ2) is 8.40. The van der Waals surface area contributed by atoms with Crippen LogP contribution >= 0.6 is 0 Å². The average molecular weight is 471 g/mol. The molecule has 5 rings (SSSR count). The van der Waals surface area contributed by atoms with Crippen molar-refractivity contribution in [2.45, 2.75) is 64.4 Å². The SMILES string of the molecule is C=C1CC[C@@H]2[C@]3(C)COC(c4ccc(O)cc4O)O[C@@H]3CC[C@@]2(C)[C@@H]1C/C=C1/C(=O)OC[C@H]1O. The van der Waals surface area contributed by atoms with Gasteiger partial charge in [0.05, 0.1) is 18.3 Å². The zero-order chi connectivity index (χ0) is 24.3. The Bertz CT molecular complexity index is 1030. The Morgan fingerprint density at radius 3 is 2.71 bits per heavy atom. The second-order valence-electron chi connectivity index (χ2n) is 10.9. The van der Waals surface area contributed by atoms with Gasteiger partial charge < -0.3 is 29.5 Å². The summed E-state index contributed by atoms with van der Waals surface area (Å²) in [7, 11) is 0. The van der Waals surface area contributed by atoms with Gasteiger partial charge in [-0.3, -0.25) is 0 Å². The van der Waals surface area contributed by atoms with E-state index >= 15 is 0 Å². The van der Waals surface area contributed by atoms with Gasteiger partial charge in [0.2, 0.25) is 0 Å². The number of hydrogen-bond acceptors (Lipinski definition) is 7. The molecule has 3 N–H and O–H groups in total. The quantitative estimate of drug-likeness (QED) is 0.346. The molecule has 7 atom stereocenters. The van der Waals surface area contributed by atoms with Gasteiger partial charge in [-0.25, -0.2) is 4.79 Å². The molecule has 0 aromatic heterocycles. The summed E-state index contributed by atoms with van der Waals surface area (Å²) in [4.78, 5) is 12.0. The number of rotatable bonds is 3. The second-order valence-corrected chi connectivity index (χ2v) is 10.9. The number of phenols is 2. The third-order valence-corrected chi connectivity index (χ3v) is 8.96. The molecule has 4 aliphatic rings. The lowest BCUT2D eigenvalue weighted by molar-refractivity contribution is -0.307. The first-order valence-electron chi connectivity index (χ1n) is 12.2. The standard InChI is InChI=1S/C27H34O7/c1-15-4-9-22-26(2,19(15)8-7-17-21(30)13-32-24(17)31)11-10-23-27(22,3)14-33-25(34-23)18-6-5-16(28)12-20(18)29/h5-7,12,19,21-23,25,28-30H,1,4,8-11,13-14H2,2-3H3/b17-7+/t19-,21-,22+,23-,25?,26+,27+/m1/s1. The largest absolute Gasteiger partial charge is 0.508 e. The molecule has 0 amide bonds. The number of cyclic esters (lactones) is 1. The van der Waals surface area contributed by atoms with Crippen molar-refractivity contribution in [2.75, 3.05) is 13.2 Å². The first-order valence-corrected chi connectivity index (χ1v) is 12.2. The number of aromatic hydroxyl groups is 2. The van der Waals surface area contributed by atoms with Crippen LogP contribution in [0.3, 0.4) is 0 Å². The Kier molecular flexibility index (Phi) is 5.78. The van der Waals surface area contributed by atoms with Gasteiger partial charge in [0.15, 0.2) is 6.29 Å². The van der Waals surface area contributed by atoms with E-state index < -0.39 is 18.4 Å². The summed E-state index contributed by atoms with van der Waals surface area (Å²) in [6.45, 7) is 9.50. The summed E-state index contributed by atoms with van der Waals surface area (Å²) >= 11 is 0. The number of allylic oxidation sites excluding steroid dienone is 2. The molecular formula is C27H34O7. The van der Waals surface area contributed by atoms with Gasteiger partial charge in [0, 0.05) is 17.0 Å². The fraction of sp³-hybridized carbons (Fsp3) is 0.593. The van der Waals surface area contributed by atoms with Crippen LogP contribution in [0.1, 0.15) is 57.8 Å². The Morgan fingerprint density at radius 2 is 2.00 bits per heavy atom. The van der Waals surface area contributed by atoms with Crippen molar-refractivity contribution in [1.82, 2.24) is 0 Å². The maximum absolute atomic E-state index is 12.0. The smallest absolute Gasteiger partial charge is 0.336 e. The fourth-order valence-electron chi connectivity index (χ4n) is 7.09. The number of aliphatic hydroxyl groups excluding tert-OH is 1. The number of esters is 1. The van der Waals surface area contributed by atoms with E-state index in [0.29, 0.717) is 30.1 Å². The monoisotopic (exact) mass is 470 g/mol. The molecule has 0 radical (unpaired) electrons. The van der Waals surface area contributed by atoms with E-state index in [0.717, 1.165) is 25.7 Å². The summed E-state index contributed by atoms with van der Waals surface area (Å²) in [6.07, 6.45) is 4.68. The summed E-state index contributed by atoms with van der Waals surface area (Å²) in [5.74, 6) is 0.0588. The lowest BCUT2D eigenvalue weighted by atomic mass is 9.46. The number of ether oxygens (including phenoxy) is 3. The van der Waals surface area contributed by atoms with Gasteiger partial charge in [-0.05, 0) is 61.5 Å². The molecule has 1 aromatic carbocycles. The molecular weight excluding hydrogens is 436 g/mol. The number of phenolic OH excluding ortho intramolecular Hbond substituents is 2. The third-order valence-electron chi connectivity index (χ3n) is 8.96. The topological polar surface area (TPSA) is 105 Å². The molecule has 0 spiro atoms. The molecule has 7 heteroatoms. The van der Waals surface area contributed by atoms with Crippen molar-refractivity contribution in [1.29, 1.82) is 0 Å². The summed E-state index contributed by atoms with van der Waals surface area (Å²) in [5, 5.41) is 30.0. The number of carbonyl (C=O) groups is 1. The van der Waals surface area contributed by atoms with Crippen molar-refractivity contribution >= 4 is 5.97 Å². The Morgan fingerprint density at radius 1 is 1.21 bits per heavy atom. The lowest BCUT2D eigenvalue weighted by Crippen LogP contribution is -2.60. The number of benzene rings is 1. The Hall–Kier alpha value is -2.35. The molecule has 2 saturated heterocycles. The highest BCUT2D eigenvalue weighted by molar-refractivity contribution is 5.91. The molecule has 1 unspecified atom stereocenters. The normalized spacial score (nSPS) is 41.1. The van der Waals surface area contributed by atoms with E-state index in [1.54, 1.807) is 6.07 Å². The van der Waals surface area contributed by atoms with Crippen LogP contribution in [0.5, 0.6) is 11.5 Å². The third kappa shape index (κ3) is 3.65.